The summed E-state index contributed by atoms with van der Waals surface area (Å²) in [6, 6.07) is 11.6. The minimum Gasteiger partial charge on any atom is -0.294 e. The van der Waals surface area contributed by atoms with Gasteiger partial charge in [0.2, 0.25) is 5.91 Å². The minimum absolute atomic E-state index is 0.0370. The molecule has 0 aromatic heterocycles. The average Bonchev–Trinajstić information content (AvgIpc) is 2.67. The van der Waals surface area contributed by atoms with E-state index < -0.39 is 17.7 Å². The van der Waals surface area contributed by atoms with Crippen LogP contribution in [0.3, 0.4) is 0 Å². The number of carbonyl (C=O) groups is 2. The van der Waals surface area contributed by atoms with E-state index in [2.05, 4.69) is 0 Å². The molecule has 4 rings (SSSR count). The van der Waals surface area contributed by atoms with Crippen molar-refractivity contribution in [2.75, 3.05) is 4.90 Å². The van der Waals surface area contributed by atoms with E-state index in [1.807, 2.05) is 6.07 Å². The predicted octanol–water partition coefficient (Wildman–Crippen LogP) is 5.89. The third-order valence-corrected chi connectivity index (χ3v) is 5.75. The summed E-state index contributed by atoms with van der Waals surface area (Å²) >= 11 is 6.33. The van der Waals surface area contributed by atoms with Crippen LogP contribution < -0.4 is 4.90 Å². The lowest BCUT2D eigenvalue weighted by atomic mass is 9.77. The summed E-state index contributed by atoms with van der Waals surface area (Å²) in [5.41, 5.74) is 1.39. The van der Waals surface area contributed by atoms with Crippen LogP contribution in [-0.4, -0.2) is 11.7 Å². The smallest absolute Gasteiger partial charge is 0.294 e. The molecule has 1 heterocycles. The van der Waals surface area contributed by atoms with Crippen LogP contribution in [-0.2, 0) is 15.8 Å². The number of anilines is 1. The number of carbonyl (C=O) groups excluding carboxylic acids is 2. The van der Waals surface area contributed by atoms with Gasteiger partial charge in [-0.2, -0.15) is 13.2 Å². The minimum atomic E-state index is -4.45. The molecular weight excluding hydrogens is 403 g/mol. The Morgan fingerprint density at radius 2 is 1.66 bits per heavy atom. The van der Waals surface area contributed by atoms with Crippen molar-refractivity contribution in [2.24, 2.45) is 0 Å². The van der Waals surface area contributed by atoms with Gasteiger partial charge in [-0.1, -0.05) is 29.8 Å². The van der Waals surface area contributed by atoms with E-state index in [9.17, 15) is 22.8 Å². The van der Waals surface area contributed by atoms with E-state index in [1.165, 1.54) is 17.0 Å². The van der Waals surface area contributed by atoms with Gasteiger partial charge in [0.25, 0.3) is 0 Å². The van der Waals surface area contributed by atoms with Gasteiger partial charge in [-0.05, 0) is 48.7 Å². The first-order valence-electron chi connectivity index (χ1n) is 9.28. The molecule has 0 saturated carbocycles. The standard InChI is InChI=1S/C22H17ClF3NO2/c23-17-5-2-1-4-15(17)16-12-20(29)27(18-6-3-7-19(28)21(16)18)14-10-8-13(9-11-14)22(24,25)26/h1-2,4-5,8-11,16H,3,6-7,12H2. The first-order chi connectivity index (χ1) is 13.8. The Morgan fingerprint density at radius 1 is 0.966 bits per heavy atom. The van der Waals surface area contributed by atoms with Gasteiger partial charge in [-0.25, -0.2) is 0 Å². The number of hydrogen-bond donors (Lipinski definition) is 0. The van der Waals surface area contributed by atoms with Crippen molar-refractivity contribution in [3.63, 3.8) is 0 Å². The summed E-state index contributed by atoms with van der Waals surface area (Å²) in [6.07, 6.45) is -2.93. The van der Waals surface area contributed by atoms with Gasteiger partial charge in [-0.3, -0.25) is 14.5 Å². The molecule has 2 aliphatic rings. The molecule has 0 saturated heterocycles. The van der Waals surface area contributed by atoms with Gasteiger partial charge in [0.15, 0.2) is 5.78 Å². The van der Waals surface area contributed by atoms with Gasteiger partial charge in [0.05, 0.1) is 5.56 Å². The van der Waals surface area contributed by atoms with Crippen molar-refractivity contribution in [2.45, 2.75) is 37.8 Å². The van der Waals surface area contributed by atoms with Crippen LogP contribution in [0, 0.1) is 0 Å². The van der Waals surface area contributed by atoms with Crippen molar-refractivity contribution in [3.8, 4) is 0 Å². The Morgan fingerprint density at radius 3 is 2.31 bits per heavy atom. The largest absolute Gasteiger partial charge is 0.416 e. The van der Waals surface area contributed by atoms with E-state index in [-0.39, 0.29) is 18.1 Å². The van der Waals surface area contributed by atoms with Gasteiger partial charge in [0.1, 0.15) is 0 Å². The Kier molecular flexibility index (Phi) is 4.99. The number of hydrogen-bond acceptors (Lipinski definition) is 2. The molecule has 0 fully saturated rings. The highest BCUT2D eigenvalue weighted by Crippen LogP contribution is 2.45. The van der Waals surface area contributed by atoms with Gasteiger partial charge in [-0.15, -0.1) is 0 Å². The molecule has 0 radical (unpaired) electrons. The zero-order chi connectivity index (χ0) is 20.8. The molecule has 7 heteroatoms. The number of alkyl halides is 3. The number of rotatable bonds is 2. The second-order valence-corrected chi connectivity index (χ2v) is 7.60. The quantitative estimate of drug-likeness (QED) is 0.609. The molecule has 1 amide bonds. The van der Waals surface area contributed by atoms with Gasteiger partial charge in [0, 0.05) is 40.7 Å². The highest BCUT2D eigenvalue weighted by molar-refractivity contribution is 6.31. The number of amides is 1. The van der Waals surface area contributed by atoms with E-state index in [1.54, 1.807) is 18.2 Å². The van der Waals surface area contributed by atoms with E-state index >= 15 is 0 Å². The van der Waals surface area contributed by atoms with Crippen molar-refractivity contribution in [1.82, 2.24) is 0 Å². The van der Waals surface area contributed by atoms with Crippen molar-refractivity contribution in [1.29, 1.82) is 0 Å². The number of halogens is 4. The predicted molar refractivity (Wildman–Crippen MR) is 104 cm³/mol. The number of allylic oxidation sites excluding steroid dienone is 2. The number of Topliss-reactive ketones (excluding diaryl/α,β-unsaturated/α-hetero) is 1. The molecule has 0 spiro atoms. The average molecular weight is 420 g/mol. The summed E-state index contributed by atoms with van der Waals surface area (Å²) in [7, 11) is 0. The molecule has 2 aromatic rings. The molecule has 29 heavy (non-hydrogen) atoms. The van der Waals surface area contributed by atoms with Gasteiger partial charge < -0.3 is 0 Å². The Labute approximate surface area is 170 Å². The third kappa shape index (κ3) is 3.57. The first kappa shape index (κ1) is 19.7. The van der Waals surface area contributed by atoms with Crippen LogP contribution in [0.5, 0.6) is 0 Å². The number of benzene rings is 2. The summed E-state index contributed by atoms with van der Waals surface area (Å²) < 4.78 is 38.7. The lowest BCUT2D eigenvalue weighted by Gasteiger charge is -2.38. The molecule has 0 bridgehead atoms. The summed E-state index contributed by atoms with van der Waals surface area (Å²) in [6.45, 7) is 0. The molecule has 0 N–H and O–H groups in total. The normalized spacial score (nSPS) is 20.1. The molecule has 1 atom stereocenters. The number of ketones is 1. The Hall–Kier alpha value is -2.60. The van der Waals surface area contributed by atoms with Crippen LogP contribution >= 0.6 is 11.6 Å². The molecule has 1 aliphatic heterocycles. The van der Waals surface area contributed by atoms with Crippen LogP contribution in [0.4, 0.5) is 18.9 Å². The van der Waals surface area contributed by atoms with Crippen molar-refractivity contribution >= 4 is 29.0 Å². The second-order valence-electron chi connectivity index (χ2n) is 7.19. The zero-order valence-corrected chi connectivity index (χ0v) is 16.1. The fraction of sp³-hybridized carbons (Fsp3) is 0.273. The molecule has 1 unspecified atom stereocenters. The van der Waals surface area contributed by atoms with Crippen LogP contribution in [0.15, 0.2) is 59.8 Å². The first-order valence-corrected chi connectivity index (χ1v) is 9.66. The third-order valence-electron chi connectivity index (χ3n) is 5.41. The summed E-state index contributed by atoms with van der Waals surface area (Å²) in [5, 5.41) is 0.485. The van der Waals surface area contributed by atoms with Crippen molar-refractivity contribution in [3.05, 3.63) is 76.0 Å². The lowest BCUT2D eigenvalue weighted by molar-refractivity contribution is -0.137. The Balaban J connectivity index is 1.82. The van der Waals surface area contributed by atoms with Crippen LogP contribution in [0.25, 0.3) is 0 Å². The maximum Gasteiger partial charge on any atom is 0.416 e. The van der Waals surface area contributed by atoms with E-state index in [0.29, 0.717) is 41.2 Å². The maximum atomic E-state index is 13.0. The summed E-state index contributed by atoms with van der Waals surface area (Å²) in [5.74, 6) is -0.742. The fourth-order valence-corrected chi connectivity index (χ4v) is 4.38. The highest BCUT2D eigenvalue weighted by atomic mass is 35.5. The number of nitrogens with zero attached hydrogens (tertiary/aromatic N) is 1. The Bertz CT molecular complexity index is 1010. The monoisotopic (exact) mass is 419 g/mol. The van der Waals surface area contributed by atoms with Crippen LogP contribution in [0.1, 0.15) is 42.7 Å². The van der Waals surface area contributed by atoms with Crippen molar-refractivity contribution < 1.29 is 22.8 Å². The van der Waals surface area contributed by atoms with E-state index in [0.717, 1.165) is 17.7 Å². The topological polar surface area (TPSA) is 37.4 Å². The lowest BCUT2D eigenvalue weighted by Crippen LogP contribution is -2.40. The zero-order valence-electron chi connectivity index (χ0n) is 15.3. The molecule has 150 valence electrons. The summed E-state index contributed by atoms with van der Waals surface area (Å²) in [4.78, 5) is 27.3. The molecule has 2 aromatic carbocycles. The van der Waals surface area contributed by atoms with E-state index in [4.69, 9.17) is 11.6 Å². The molecule has 3 nitrogen and oxygen atoms in total. The maximum absolute atomic E-state index is 13.0. The van der Waals surface area contributed by atoms with Crippen LogP contribution in [0.2, 0.25) is 5.02 Å². The SMILES string of the molecule is O=C1CCCC2=C1C(c1ccccc1Cl)CC(=O)N2c1ccc(C(F)(F)F)cc1. The highest BCUT2D eigenvalue weighted by Gasteiger charge is 2.40. The fourth-order valence-electron chi connectivity index (χ4n) is 4.12. The molecular formula is C22H17ClF3NO2. The van der Waals surface area contributed by atoms with Gasteiger partial charge >= 0.3 is 6.18 Å². The molecule has 1 aliphatic carbocycles. The second kappa shape index (κ2) is 7.34.